The van der Waals surface area contributed by atoms with Gasteiger partial charge >= 0.3 is 5.97 Å². The number of benzene rings is 1. The predicted octanol–water partition coefficient (Wildman–Crippen LogP) is 2.97. The lowest BCUT2D eigenvalue weighted by Gasteiger charge is -2.32. The average Bonchev–Trinajstić information content (AvgIpc) is 2.89. The summed E-state index contributed by atoms with van der Waals surface area (Å²) in [7, 11) is 0. The molecule has 1 aliphatic heterocycles. The van der Waals surface area contributed by atoms with E-state index in [2.05, 4.69) is 25.2 Å². The molecule has 11 heteroatoms. The molecular formula is C26H28ClN5O5. The maximum absolute atomic E-state index is 12.3. The van der Waals surface area contributed by atoms with E-state index in [0.29, 0.717) is 28.7 Å². The number of carbonyl (C=O) groups excluding carboxylic acids is 1. The summed E-state index contributed by atoms with van der Waals surface area (Å²) in [6.45, 7) is 2.53. The van der Waals surface area contributed by atoms with E-state index in [-0.39, 0.29) is 23.7 Å². The van der Waals surface area contributed by atoms with Crippen molar-refractivity contribution in [3.8, 4) is 16.9 Å². The third-order valence-electron chi connectivity index (χ3n) is 6.43. The first-order valence-electron chi connectivity index (χ1n) is 11.9. The number of aromatic hydroxyl groups is 1. The van der Waals surface area contributed by atoms with Crippen LogP contribution in [0.2, 0.25) is 5.02 Å². The molecule has 0 spiro atoms. The van der Waals surface area contributed by atoms with Crippen LogP contribution in [-0.4, -0.2) is 61.8 Å². The second-order valence-corrected chi connectivity index (χ2v) is 9.41. The Bertz CT molecular complexity index is 1290. The fraction of sp³-hybridized carbons (Fsp3) is 0.346. The zero-order valence-electron chi connectivity index (χ0n) is 20.3. The minimum Gasteiger partial charge on any atom is -0.504 e. The number of aliphatic hydroxyl groups excluding tert-OH is 1. The van der Waals surface area contributed by atoms with E-state index in [9.17, 15) is 19.8 Å². The number of nitrogens with zero attached hydrogens (tertiary/aromatic N) is 4. The Morgan fingerprint density at radius 1 is 1.14 bits per heavy atom. The van der Waals surface area contributed by atoms with Gasteiger partial charge in [-0.1, -0.05) is 23.7 Å². The summed E-state index contributed by atoms with van der Waals surface area (Å²) in [6.07, 6.45) is 4.12. The molecule has 1 fully saturated rings. The largest absolute Gasteiger partial charge is 0.504 e. The summed E-state index contributed by atoms with van der Waals surface area (Å²) >= 11 is 6.22. The topological polar surface area (TPSA) is 149 Å². The summed E-state index contributed by atoms with van der Waals surface area (Å²) in [4.78, 5) is 38.4. The third kappa shape index (κ3) is 6.33. The number of anilines is 1. The number of rotatable bonds is 8. The first-order chi connectivity index (χ1) is 17.7. The standard InChI is InChI=1S/C26H28ClN5O5/c1-15-25(36)24(26(37)29-13-23(34)35)31-21(30-15)10-16-6-8-32(9-7-16)22-5-4-18(12-28-22)17-2-3-19(14-33)20(27)11-17/h2-5,11-12,16,33,36H,6-10,13-14H2,1H3,(H,29,37)(H,34,35). The fourth-order valence-corrected chi connectivity index (χ4v) is 4.58. The molecule has 0 aliphatic carbocycles. The maximum Gasteiger partial charge on any atom is 0.322 e. The SMILES string of the molecule is Cc1nc(CC2CCN(c3ccc(-c4ccc(CO)c(Cl)c4)cn3)CC2)nc(C(=O)NCC(=O)O)c1O. The molecule has 0 atom stereocenters. The minimum atomic E-state index is -1.18. The summed E-state index contributed by atoms with van der Waals surface area (Å²) in [5.74, 6) is -0.653. The lowest BCUT2D eigenvalue weighted by Crippen LogP contribution is -2.35. The van der Waals surface area contributed by atoms with Gasteiger partial charge in [0.25, 0.3) is 5.91 Å². The Morgan fingerprint density at radius 2 is 1.86 bits per heavy atom. The molecule has 1 saturated heterocycles. The van der Waals surface area contributed by atoms with Crippen molar-refractivity contribution in [1.29, 1.82) is 0 Å². The molecule has 3 aromatic rings. The van der Waals surface area contributed by atoms with Gasteiger partial charge in [0.05, 0.1) is 12.3 Å². The monoisotopic (exact) mass is 525 g/mol. The molecule has 1 aromatic carbocycles. The Labute approximate surface area is 219 Å². The first-order valence-corrected chi connectivity index (χ1v) is 12.3. The number of hydrogen-bond donors (Lipinski definition) is 4. The zero-order valence-corrected chi connectivity index (χ0v) is 21.1. The number of aliphatic hydroxyl groups is 1. The van der Waals surface area contributed by atoms with Crippen molar-refractivity contribution < 1.29 is 24.9 Å². The molecule has 194 valence electrons. The van der Waals surface area contributed by atoms with Crippen LogP contribution >= 0.6 is 11.6 Å². The van der Waals surface area contributed by atoms with Gasteiger partial charge in [0.2, 0.25) is 0 Å². The van der Waals surface area contributed by atoms with Gasteiger partial charge < -0.3 is 25.5 Å². The summed E-state index contributed by atoms with van der Waals surface area (Å²) in [5.41, 5.74) is 2.62. The lowest BCUT2D eigenvalue weighted by molar-refractivity contribution is -0.135. The summed E-state index contributed by atoms with van der Waals surface area (Å²) < 4.78 is 0. The van der Waals surface area contributed by atoms with Crippen LogP contribution < -0.4 is 10.2 Å². The number of carboxylic acid groups (broad SMARTS) is 1. The van der Waals surface area contributed by atoms with Crippen molar-refractivity contribution in [1.82, 2.24) is 20.3 Å². The van der Waals surface area contributed by atoms with Gasteiger partial charge in [-0.25, -0.2) is 15.0 Å². The Kier molecular flexibility index (Phi) is 8.20. The highest BCUT2D eigenvalue weighted by atomic mass is 35.5. The number of piperidine rings is 1. The fourth-order valence-electron chi connectivity index (χ4n) is 4.34. The van der Waals surface area contributed by atoms with Crippen LogP contribution in [0.25, 0.3) is 11.1 Å². The van der Waals surface area contributed by atoms with Crippen molar-refractivity contribution >= 4 is 29.3 Å². The molecule has 0 unspecified atom stereocenters. The second-order valence-electron chi connectivity index (χ2n) is 9.00. The maximum atomic E-state index is 12.3. The van der Waals surface area contributed by atoms with Crippen molar-refractivity contribution in [2.24, 2.45) is 5.92 Å². The first kappa shape index (κ1) is 26.3. The number of carbonyl (C=O) groups is 2. The normalized spacial score (nSPS) is 14.0. The number of hydrogen-bond acceptors (Lipinski definition) is 8. The van der Waals surface area contributed by atoms with E-state index < -0.39 is 18.4 Å². The van der Waals surface area contributed by atoms with Gasteiger partial charge in [0.1, 0.15) is 18.2 Å². The molecule has 1 amide bonds. The number of nitrogens with one attached hydrogen (secondary N) is 1. The molecule has 0 bridgehead atoms. The van der Waals surface area contributed by atoms with Gasteiger partial charge in [-0.15, -0.1) is 0 Å². The van der Waals surface area contributed by atoms with Crippen molar-refractivity contribution in [2.45, 2.75) is 32.8 Å². The number of aryl methyl sites for hydroxylation is 1. The van der Waals surface area contributed by atoms with E-state index in [1.807, 2.05) is 30.5 Å². The number of halogens is 1. The number of aliphatic carboxylic acids is 1. The molecule has 37 heavy (non-hydrogen) atoms. The van der Waals surface area contributed by atoms with Crippen molar-refractivity contribution in [2.75, 3.05) is 24.5 Å². The molecule has 4 rings (SSSR count). The highest BCUT2D eigenvalue weighted by molar-refractivity contribution is 6.31. The Morgan fingerprint density at radius 3 is 2.49 bits per heavy atom. The molecular weight excluding hydrogens is 498 g/mol. The molecule has 0 saturated carbocycles. The number of amides is 1. The van der Waals surface area contributed by atoms with Gasteiger partial charge in [0, 0.05) is 36.3 Å². The lowest BCUT2D eigenvalue weighted by atomic mass is 9.93. The van der Waals surface area contributed by atoms with E-state index >= 15 is 0 Å². The molecule has 2 aromatic heterocycles. The summed E-state index contributed by atoms with van der Waals surface area (Å²) in [5, 5.41) is 31.0. The quantitative estimate of drug-likeness (QED) is 0.348. The Balaban J connectivity index is 1.37. The van der Waals surface area contributed by atoms with Crippen LogP contribution in [0.15, 0.2) is 36.5 Å². The molecule has 4 N–H and O–H groups in total. The predicted molar refractivity (Wildman–Crippen MR) is 138 cm³/mol. The van der Waals surface area contributed by atoms with E-state index in [4.69, 9.17) is 16.7 Å². The minimum absolute atomic E-state index is 0.103. The van der Waals surface area contributed by atoms with Gasteiger partial charge in [0.15, 0.2) is 11.4 Å². The third-order valence-corrected chi connectivity index (χ3v) is 6.79. The highest BCUT2D eigenvalue weighted by Crippen LogP contribution is 2.29. The van der Waals surface area contributed by atoms with Crippen LogP contribution in [0.1, 0.15) is 40.4 Å². The van der Waals surface area contributed by atoms with Crippen LogP contribution in [-0.2, 0) is 17.8 Å². The zero-order chi connectivity index (χ0) is 26.5. The molecule has 1 aliphatic rings. The van der Waals surface area contributed by atoms with Crippen LogP contribution in [0.5, 0.6) is 5.75 Å². The van der Waals surface area contributed by atoms with Gasteiger partial charge in [-0.3, -0.25) is 9.59 Å². The molecule has 0 radical (unpaired) electrons. The molecule has 3 heterocycles. The van der Waals surface area contributed by atoms with E-state index in [1.54, 1.807) is 13.0 Å². The van der Waals surface area contributed by atoms with Crippen LogP contribution in [0, 0.1) is 12.8 Å². The Hall–Kier alpha value is -3.76. The summed E-state index contributed by atoms with van der Waals surface area (Å²) in [6, 6.07) is 9.53. The van der Waals surface area contributed by atoms with Gasteiger partial charge in [-0.05, 0) is 55.0 Å². The van der Waals surface area contributed by atoms with Gasteiger partial charge in [-0.2, -0.15) is 0 Å². The number of pyridine rings is 1. The van der Waals surface area contributed by atoms with Crippen LogP contribution in [0.3, 0.4) is 0 Å². The average molecular weight is 526 g/mol. The van der Waals surface area contributed by atoms with E-state index in [1.165, 1.54) is 0 Å². The smallest absolute Gasteiger partial charge is 0.322 e. The van der Waals surface area contributed by atoms with Crippen LogP contribution in [0.4, 0.5) is 5.82 Å². The van der Waals surface area contributed by atoms with Crippen molar-refractivity contribution in [3.05, 3.63) is 64.3 Å². The second kappa shape index (κ2) is 11.5. The number of carboxylic acids is 1. The van der Waals surface area contributed by atoms with E-state index in [0.717, 1.165) is 42.9 Å². The van der Waals surface area contributed by atoms with Crippen molar-refractivity contribution in [3.63, 3.8) is 0 Å². The highest BCUT2D eigenvalue weighted by Gasteiger charge is 2.24. The molecule has 10 nitrogen and oxygen atoms in total. The number of aromatic nitrogens is 3.